The molecule has 0 saturated heterocycles. The summed E-state index contributed by atoms with van der Waals surface area (Å²) in [6, 6.07) is 7.72. The van der Waals surface area contributed by atoms with Gasteiger partial charge in [0.15, 0.2) is 0 Å². The molecule has 1 aromatic heterocycles. The van der Waals surface area contributed by atoms with Gasteiger partial charge >= 0.3 is 0 Å². The van der Waals surface area contributed by atoms with Gasteiger partial charge in [-0.15, -0.1) is 0 Å². The fraction of sp³-hybridized carbons (Fsp3) is 0.500. The van der Waals surface area contributed by atoms with Crippen LogP contribution in [0.3, 0.4) is 0 Å². The SMILES string of the molecule is CCNC(Cc1nc(-c2ccc(Cl)cc2)no1)C(C)(C)C. The highest BCUT2D eigenvalue weighted by molar-refractivity contribution is 6.30. The summed E-state index contributed by atoms with van der Waals surface area (Å²) in [5.74, 6) is 1.26. The Morgan fingerprint density at radius 3 is 2.48 bits per heavy atom. The molecule has 1 heterocycles. The molecule has 4 nitrogen and oxygen atoms in total. The van der Waals surface area contributed by atoms with Crippen molar-refractivity contribution in [3.8, 4) is 11.4 Å². The average molecular weight is 308 g/mol. The lowest BCUT2D eigenvalue weighted by Crippen LogP contribution is -2.41. The molecular weight excluding hydrogens is 286 g/mol. The fourth-order valence-corrected chi connectivity index (χ4v) is 2.29. The molecule has 0 saturated carbocycles. The van der Waals surface area contributed by atoms with Crippen molar-refractivity contribution >= 4 is 11.6 Å². The van der Waals surface area contributed by atoms with E-state index in [-0.39, 0.29) is 5.41 Å². The molecule has 0 aliphatic carbocycles. The van der Waals surface area contributed by atoms with Crippen molar-refractivity contribution in [3.63, 3.8) is 0 Å². The summed E-state index contributed by atoms with van der Waals surface area (Å²) in [5, 5.41) is 8.23. The number of nitrogens with zero attached hydrogens (tertiary/aromatic N) is 2. The maximum atomic E-state index is 5.89. The third-order valence-corrected chi connectivity index (χ3v) is 3.70. The van der Waals surface area contributed by atoms with E-state index in [1.54, 1.807) is 0 Å². The summed E-state index contributed by atoms with van der Waals surface area (Å²) in [6.45, 7) is 9.64. The van der Waals surface area contributed by atoms with Gasteiger partial charge in [0.1, 0.15) is 0 Å². The third-order valence-electron chi connectivity index (χ3n) is 3.45. The van der Waals surface area contributed by atoms with Crippen LogP contribution in [0.4, 0.5) is 0 Å². The lowest BCUT2D eigenvalue weighted by Gasteiger charge is -2.30. The molecule has 0 spiro atoms. The number of likely N-dealkylation sites (N-methyl/N-ethyl adjacent to an activating group) is 1. The van der Waals surface area contributed by atoms with Gasteiger partial charge in [-0.05, 0) is 36.2 Å². The Kier molecular flexibility index (Phi) is 5.01. The van der Waals surface area contributed by atoms with Crippen LogP contribution in [-0.2, 0) is 6.42 Å². The van der Waals surface area contributed by atoms with Crippen molar-refractivity contribution in [3.05, 3.63) is 35.2 Å². The standard InChI is InChI=1S/C16H22ClN3O/c1-5-18-13(16(2,3)4)10-14-19-15(20-21-14)11-6-8-12(17)9-7-11/h6-9,13,18H,5,10H2,1-4H3. The van der Waals surface area contributed by atoms with Crippen LogP contribution in [0.2, 0.25) is 5.02 Å². The van der Waals surface area contributed by atoms with Gasteiger partial charge in [-0.25, -0.2) is 0 Å². The first kappa shape index (κ1) is 16.0. The van der Waals surface area contributed by atoms with Crippen LogP contribution in [0.25, 0.3) is 11.4 Å². The molecule has 2 aromatic rings. The molecular formula is C16H22ClN3O. The number of benzene rings is 1. The molecule has 0 aliphatic rings. The largest absolute Gasteiger partial charge is 0.339 e. The van der Waals surface area contributed by atoms with Crippen molar-refractivity contribution in [1.29, 1.82) is 0 Å². The predicted molar refractivity (Wildman–Crippen MR) is 85.4 cm³/mol. The quantitative estimate of drug-likeness (QED) is 0.908. The van der Waals surface area contributed by atoms with Gasteiger partial charge in [0, 0.05) is 23.0 Å². The molecule has 1 atom stereocenters. The molecule has 0 amide bonds. The van der Waals surface area contributed by atoms with Crippen molar-refractivity contribution in [2.45, 2.75) is 40.2 Å². The Morgan fingerprint density at radius 2 is 1.90 bits per heavy atom. The average Bonchev–Trinajstić information content (AvgIpc) is 2.87. The first-order valence-electron chi connectivity index (χ1n) is 7.22. The second-order valence-corrected chi connectivity index (χ2v) is 6.64. The summed E-state index contributed by atoms with van der Waals surface area (Å²) in [4.78, 5) is 4.48. The van der Waals surface area contributed by atoms with Gasteiger partial charge in [-0.2, -0.15) is 4.98 Å². The van der Waals surface area contributed by atoms with Gasteiger partial charge in [-0.1, -0.05) is 44.5 Å². The number of hydrogen-bond donors (Lipinski definition) is 1. The number of aromatic nitrogens is 2. The molecule has 0 bridgehead atoms. The smallest absolute Gasteiger partial charge is 0.228 e. The monoisotopic (exact) mass is 307 g/mol. The van der Waals surface area contributed by atoms with Crippen molar-refractivity contribution in [2.75, 3.05) is 6.54 Å². The molecule has 1 unspecified atom stereocenters. The minimum absolute atomic E-state index is 0.130. The van der Waals surface area contributed by atoms with Crippen LogP contribution in [0.15, 0.2) is 28.8 Å². The summed E-state index contributed by atoms with van der Waals surface area (Å²) in [6.07, 6.45) is 0.720. The molecule has 21 heavy (non-hydrogen) atoms. The highest BCUT2D eigenvalue weighted by Gasteiger charge is 2.26. The number of nitrogens with one attached hydrogen (secondary N) is 1. The third kappa shape index (κ3) is 4.29. The van der Waals surface area contributed by atoms with E-state index in [1.807, 2.05) is 24.3 Å². The van der Waals surface area contributed by atoms with Crippen LogP contribution in [0, 0.1) is 5.41 Å². The molecule has 0 radical (unpaired) electrons. The molecule has 114 valence electrons. The van der Waals surface area contributed by atoms with Crippen LogP contribution in [-0.4, -0.2) is 22.7 Å². The maximum Gasteiger partial charge on any atom is 0.228 e. The zero-order valence-corrected chi connectivity index (χ0v) is 13.7. The van der Waals surface area contributed by atoms with Gasteiger partial charge < -0.3 is 9.84 Å². The van der Waals surface area contributed by atoms with E-state index in [0.717, 1.165) is 18.5 Å². The highest BCUT2D eigenvalue weighted by atomic mass is 35.5. The molecule has 0 aliphatic heterocycles. The lowest BCUT2D eigenvalue weighted by molar-refractivity contribution is 0.247. The van der Waals surface area contributed by atoms with Crippen molar-refractivity contribution in [2.24, 2.45) is 5.41 Å². The summed E-state index contributed by atoms with van der Waals surface area (Å²) < 4.78 is 5.39. The Hall–Kier alpha value is -1.39. The zero-order valence-electron chi connectivity index (χ0n) is 13.0. The Morgan fingerprint density at radius 1 is 1.24 bits per heavy atom. The van der Waals surface area contributed by atoms with Gasteiger partial charge in [-0.3, -0.25) is 0 Å². The maximum absolute atomic E-state index is 5.89. The Bertz CT molecular complexity index is 572. The van der Waals surface area contributed by atoms with Gasteiger partial charge in [0.2, 0.25) is 11.7 Å². The van der Waals surface area contributed by atoms with E-state index in [4.69, 9.17) is 16.1 Å². The number of hydrogen-bond acceptors (Lipinski definition) is 4. The summed E-state index contributed by atoms with van der Waals surface area (Å²) in [7, 11) is 0. The molecule has 0 fully saturated rings. The zero-order chi connectivity index (χ0) is 15.5. The number of rotatable bonds is 5. The van der Waals surface area contributed by atoms with E-state index in [0.29, 0.717) is 22.8 Å². The van der Waals surface area contributed by atoms with Crippen LogP contribution >= 0.6 is 11.6 Å². The van der Waals surface area contributed by atoms with Crippen molar-refractivity contribution < 1.29 is 4.52 Å². The van der Waals surface area contributed by atoms with E-state index in [1.165, 1.54) is 0 Å². The van der Waals surface area contributed by atoms with Gasteiger partial charge in [0.05, 0.1) is 0 Å². The highest BCUT2D eigenvalue weighted by Crippen LogP contribution is 2.24. The molecule has 1 aromatic carbocycles. The second-order valence-electron chi connectivity index (χ2n) is 6.20. The first-order chi connectivity index (χ1) is 9.90. The van der Waals surface area contributed by atoms with E-state index in [9.17, 15) is 0 Å². The first-order valence-corrected chi connectivity index (χ1v) is 7.60. The lowest BCUT2D eigenvalue weighted by atomic mass is 9.84. The second kappa shape index (κ2) is 6.58. The Balaban J connectivity index is 2.14. The predicted octanol–water partition coefficient (Wildman–Crippen LogP) is 3.96. The minimum atomic E-state index is 0.130. The van der Waals surface area contributed by atoms with Crippen molar-refractivity contribution in [1.82, 2.24) is 15.5 Å². The van der Waals surface area contributed by atoms with Crippen LogP contribution in [0.1, 0.15) is 33.6 Å². The molecule has 2 rings (SSSR count). The van der Waals surface area contributed by atoms with Gasteiger partial charge in [0.25, 0.3) is 0 Å². The Labute approximate surface area is 130 Å². The van der Waals surface area contributed by atoms with E-state index in [2.05, 4.69) is 43.2 Å². The van der Waals surface area contributed by atoms with E-state index >= 15 is 0 Å². The molecule has 1 N–H and O–H groups in total. The number of halogens is 1. The minimum Gasteiger partial charge on any atom is -0.339 e. The van der Waals surface area contributed by atoms with E-state index < -0.39 is 0 Å². The summed E-state index contributed by atoms with van der Waals surface area (Å²) in [5.41, 5.74) is 1.04. The van der Waals surface area contributed by atoms with Crippen LogP contribution in [0.5, 0.6) is 0 Å². The van der Waals surface area contributed by atoms with Crippen LogP contribution < -0.4 is 5.32 Å². The summed E-state index contributed by atoms with van der Waals surface area (Å²) >= 11 is 5.89. The fourth-order valence-electron chi connectivity index (χ4n) is 2.16. The topological polar surface area (TPSA) is 51.0 Å². The normalized spacial score (nSPS) is 13.4. The molecule has 5 heteroatoms.